The van der Waals surface area contributed by atoms with Gasteiger partial charge in [0, 0.05) is 5.02 Å². The molecule has 1 heteroatoms. The van der Waals surface area contributed by atoms with Crippen LogP contribution in [0.5, 0.6) is 0 Å². The van der Waals surface area contributed by atoms with Crippen molar-refractivity contribution in [2.45, 2.75) is 26.7 Å². The average Bonchev–Trinajstić information content (AvgIpc) is 2.03. The van der Waals surface area contributed by atoms with Crippen LogP contribution in [0.25, 0.3) is 0 Å². The second kappa shape index (κ2) is 4.51. The van der Waals surface area contributed by atoms with Gasteiger partial charge in [0.25, 0.3) is 0 Å². The molecule has 0 saturated heterocycles. The normalized spacial score (nSPS) is 10.7. The van der Waals surface area contributed by atoms with Gasteiger partial charge in [-0.25, -0.2) is 0 Å². The minimum atomic E-state index is 0.888. The summed E-state index contributed by atoms with van der Waals surface area (Å²) in [6.45, 7) is 4.30. The van der Waals surface area contributed by atoms with E-state index in [4.69, 9.17) is 11.6 Å². The van der Waals surface area contributed by atoms with E-state index in [1.807, 2.05) is 18.2 Å². The first-order valence-corrected chi connectivity index (χ1v) is 4.60. The Balaban J connectivity index is 2.57. The molecule has 0 bridgehead atoms. The van der Waals surface area contributed by atoms with Crippen LogP contribution in [-0.4, -0.2) is 0 Å². The Kier molecular flexibility index (Phi) is 3.61. The number of aryl methyl sites for hydroxylation is 1. The first-order chi connectivity index (χ1) is 5.70. The largest absolute Gasteiger partial charge is 0.0840 e. The molecule has 0 nitrogen and oxygen atoms in total. The molecule has 65 valence electrons. The fourth-order valence-corrected chi connectivity index (χ4v) is 1.32. The van der Waals surface area contributed by atoms with Crippen molar-refractivity contribution in [1.82, 2.24) is 0 Å². The van der Waals surface area contributed by atoms with E-state index in [2.05, 4.69) is 19.9 Å². The summed E-state index contributed by atoms with van der Waals surface area (Å²) in [7, 11) is 0. The summed E-state index contributed by atoms with van der Waals surface area (Å²) in [5.74, 6) is 1.45. The summed E-state index contributed by atoms with van der Waals surface area (Å²) in [5, 5.41) is 0.888. The van der Waals surface area contributed by atoms with Gasteiger partial charge in [-0.1, -0.05) is 43.6 Å². The lowest BCUT2D eigenvalue weighted by Gasteiger charge is -2.05. The van der Waals surface area contributed by atoms with Crippen molar-refractivity contribution < 1.29 is 0 Å². The smallest absolute Gasteiger partial charge is 0.0437 e. The van der Waals surface area contributed by atoms with Crippen LogP contribution >= 0.6 is 11.6 Å². The molecule has 0 saturated carbocycles. The maximum atomic E-state index is 6.00. The van der Waals surface area contributed by atoms with Gasteiger partial charge in [0.1, 0.15) is 0 Å². The van der Waals surface area contributed by atoms with E-state index in [1.165, 1.54) is 11.5 Å². The number of rotatable bonds is 3. The number of hydrogen-bond donors (Lipinski definition) is 0. The zero-order valence-corrected chi connectivity index (χ0v) is 8.36. The van der Waals surface area contributed by atoms with E-state index in [9.17, 15) is 0 Å². The molecule has 0 unspecified atom stereocenters. The van der Waals surface area contributed by atoms with Gasteiger partial charge < -0.3 is 0 Å². The zero-order chi connectivity index (χ0) is 8.97. The Labute approximate surface area is 79.6 Å². The molecule has 0 atom stereocenters. The van der Waals surface area contributed by atoms with Crippen LogP contribution in [0.4, 0.5) is 0 Å². The van der Waals surface area contributed by atoms with E-state index >= 15 is 0 Å². The average molecular weight is 182 g/mol. The molecule has 0 aliphatic carbocycles. The van der Waals surface area contributed by atoms with Crippen LogP contribution in [0.3, 0.4) is 0 Å². The van der Waals surface area contributed by atoms with Crippen LogP contribution in [0.15, 0.2) is 24.3 Å². The number of halogens is 1. The van der Waals surface area contributed by atoms with E-state index < -0.39 is 0 Å². The summed E-state index contributed by atoms with van der Waals surface area (Å²) in [6.07, 6.45) is 2.19. The summed E-state index contributed by atoms with van der Waals surface area (Å²) >= 11 is 6.00. The van der Waals surface area contributed by atoms with E-state index in [0.29, 0.717) is 0 Å². The maximum Gasteiger partial charge on any atom is 0.0437 e. The van der Waals surface area contributed by atoms with Gasteiger partial charge in [0.2, 0.25) is 0 Å². The van der Waals surface area contributed by atoms with Gasteiger partial charge in [0.15, 0.2) is 0 Å². The molecule has 0 aromatic heterocycles. The van der Waals surface area contributed by atoms with Gasteiger partial charge in [-0.2, -0.15) is 0 Å². The summed E-state index contributed by atoms with van der Waals surface area (Å²) < 4.78 is 0. The highest BCUT2D eigenvalue weighted by Crippen LogP contribution is 2.18. The second-order valence-electron chi connectivity index (χ2n) is 3.30. The first-order valence-electron chi connectivity index (χ1n) is 4.22. The molecule has 0 amide bonds. The van der Waals surface area contributed by atoms with Crippen molar-refractivity contribution in [3.8, 4) is 0 Å². The minimum Gasteiger partial charge on any atom is -0.0840 e. The van der Waals surface area contributed by atoms with Crippen molar-refractivity contribution in [2.24, 2.45) is 0 Å². The summed E-state index contributed by atoms with van der Waals surface area (Å²) in [6, 6.07) is 8.04. The van der Waals surface area contributed by atoms with E-state index in [0.717, 1.165) is 17.9 Å². The van der Waals surface area contributed by atoms with Gasteiger partial charge in [0.05, 0.1) is 0 Å². The third kappa shape index (κ3) is 2.86. The topological polar surface area (TPSA) is 0 Å². The van der Waals surface area contributed by atoms with Gasteiger partial charge in [-0.3, -0.25) is 0 Å². The van der Waals surface area contributed by atoms with Gasteiger partial charge in [-0.15, -0.1) is 0 Å². The van der Waals surface area contributed by atoms with Crippen molar-refractivity contribution in [3.05, 3.63) is 40.8 Å². The molecule has 1 aromatic carbocycles. The first kappa shape index (κ1) is 9.60. The monoisotopic (exact) mass is 181 g/mol. The van der Waals surface area contributed by atoms with Crippen molar-refractivity contribution >= 4 is 11.6 Å². The predicted molar refractivity (Wildman–Crippen MR) is 54.4 cm³/mol. The summed E-state index contributed by atoms with van der Waals surface area (Å²) in [4.78, 5) is 0. The minimum absolute atomic E-state index is 0.888. The van der Waals surface area contributed by atoms with Crippen molar-refractivity contribution in [2.75, 3.05) is 0 Å². The lowest BCUT2D eigenvalue weighted by Crippen LogP contribution is -1.90. The summed E-state index contributed by atoms with van der Waals surface area (Å²) in [5.41, 5.74) is 1.25. The highest BCUT2D eigenvalue weighted by molar-refractivity contribution is 6.31. The van der Waals surface area contributed by atoms with Crippen molar-refractivity contribution in [1.29, 1.82) is 0 Å². The molecule has 0 heterocycles. The molecule has 12 heavy (non-hydrogen) atoms. The number of hydrogen-bond acceptors (Lipinski definition) is 0. The van der Waals surface area contributed by atoms with Crippen LogP contribution in [-0.2, 0) is 6.42 Å². The Morgan fingerprint density at radius 2 is 1.92 bits per heavy atom. The Hall–Kier alpha value is -0.490. The lowest BCUT2D eigenvalue weighted by molar-refractivity contribution is 0.831. The molecule has 0 aliphatic heterocycles. The Bertz CT molecular complexity index is 241. The van der Waals surface area contributed by atoms with Crippen LogP contribution in [0, 0.1) is 5.92 Å². The Morgan fingerprint density at radius 3 is 2.50 bits per heavy atom. The third-order valence-electron chi connectivity index (χ3n) is 1.85. The molecule has 1 rings (SSSR count). The van der Waals surface area contributed by atoms with Crippen LogP contribution in [0.2, 0.25) is 5.02 Å². The van der Waals surface area contributed by atoms with Crippen molar-refractivity contribution in [3.63, 3.8) is 0 Å². The molecule has 1 aromatic rings. The predicted octanol–water partition coefficient (Wildman–Crippen LogP) is 3.89. The lowest BCUT2D eigenvalue weighted by atomic mass is 10.0. The van der Waals surface area contributed by atoms with E-state index in [1.54, 1.807) is 0 Å². The van der Waals surface area contributed by atoms with E-state index in [-0.39, 0.29) is 0 Å². The second-order valence-corrected chi connectivity index (χ2v) is 3.71. The molecule has 0 fully saturated rings. The SMILES string of the molecule is C[C](C)CCc1ccccc1Cl. The molecular formula is C11H14Cl. The Morgan fingerprint density at radius 1 is 1.25 bits per heavy atom. The highest BCUT2D eigenvalue weighted by Gasteiger charge is 2.00. The molecule has 0 N–H and O–H groups in total. The molecular weight excluding hydrogens is 168 g/mol. The van der Waals surface area contributed by atoms with Crippen LogP contribution in [0.1, 0.15) is 25.8 Å². The molecule has 0 spiro atoms. The quantitative estimate of drug-likeness (QED) is 0.664. The fourth-order valence-electron chi connectivity index (χ4n) is 1.09. The maximum absolute atomic E-state index is 6.00. The standard InChI is InChI=1S/C11H14Cl/c1-9(2)7-8-10-5-3-4-6-11(10)12/h3-6H,7-8H2,1-2H3. The zero-order valence-electron chi connectivity index (χ0n) is 7.60. The van der Waals surface area contributed by atoms with Gasteiger partial charge >= 0.3 is 0 Å². The molecule has 1 radical (unpaired) electrons. The molecule has 0 aliphatic rings. The van der Waals surface area contributed by atoms with Gasteiger partial charge in [-0.05, 0) is 30.4 Å². The highest BCUT2D eigenvalue weighted by atomic mass is 35.5. The third-order valence-corrected chi connectivity index (χ3v) is 2.22. The fraction of sp³-hybridized carbons (Fsp3) is 0.364. The number of benzene rings is 1. The van der Waals surface area contributed by atoms with Crippen LogP contribution < -0.4 is 0 Å².